The molecule has 2 aliphatic heterocycles. The predicted octanol–water partition coefficient (Wildman–Crippen LogP) is -0.762. The van der Waals surface area contributed by atoms with Gasteiger partial charge in [0.05, 0.1) is 24.2 Å². The molecule has 13 nitrogen and oxygen atoms in total. The summed E-state index contributed by atoms with van der Waals surface area (Å²) >= 11 is 0. The van der Waals surface area contributed by atoms with Crippen molar-refractivity contribution in [3.8, 4) is 0 Å². The Kier molecular flexibility index (Phi) is 8.77. The van der Waals surface area contributed by atoms with Crippen LogP contribution in [0.3, 0.4) is 0 Å². The van der Waals surface area contributed by atoms with E-state index in [0.29, 0.717) is 25.7 Å². The standard InChI is InChI=1S/C32H50O13/c1-15-11-31-9-5-18-29(2,7-4-8-30(18,3)28(41)44-26-24(39)22(37)20(35)16(12-33)42-26)19(31)6-10-32(15,14-31)45-27-25(40)23(38)21(36)17(13-34)43-27/h16-27,33-40H,1,4-14H2,2-3H3. The van der Waals surface area contributed by atoms with Crippen molar-refractivity contribution in [2.24, 2.45) is 28.1 Å². The number of carbonyl (C=O) groups excluding carboxylic acids is 1. The van der Waals surface area contributed by atoms with Crippen LogP contribution < -0.4 is 0 Å². The van der Waals surface area contributed by atoms with E-state index >= 15 is 0 Å². The van der Waals surface area contributed by atoms with Gasteiger partial charge < -0.3 is 59.8 Å². The molecule has 0 aromatic heterocycles. The third kappa shape index (κ3) is 5.04. The fourth-order valence-electron chi connectivity index (χ4n) is 10.5. The van der Waals surface area contributed by atoms with Gasteiger partial charge >= 0.3 is 5.97 Å². The molecule has 6 aliphatic rings. The van der Waals surface area contributed by atoms with Gasteiger partial charge in [-0.25, -0.2) is 0 Å². The second kappa shape index (κ2) is 11.7. The first kappa shape index (κ1) is 33.7. The molecule has 0 amide bonds. The first-order valence-electron chi connectivity index (χ1n) is 16.3. The molecule has 45 heavy (non-hydrogen) atoms. The Morgan fingerprint density at radius 1 is 0.800 bits per heavy atom. The van der Waals surface area contributed by atoms with Gasteiger partial charge in [-0.3, -0.25) is 4.79 Å². The molecule has 256 valence electrons. The van der Waals surface area contributed by atoms with Crippen LogP contribution in [0.15, 0.2) is 12.2 Å². The van der Waals surface area contributed by atoms with Crippen molar-refractivity contribution in [3.05, 3.63) is 12.2 Å². The number of aliphatic hydroxyl groups is 8. The summed E-state index contributed by atoms with van der Waals surface area (Å²) in [5, 5.41) is 81.4. The third-order valence-electron chi connectivity index (χ3n) is 12.9. The number of aliphatic hydroxyl groups excluding tert-OH is 8. The van der Waals surface area contributed by atoms with Gasteiger partial charge in [-0.1, -0.05) is 19.9 Å². The molecule has 16 unspecified atom stereocenters. The Morgan fingerprint density at radius 2 is 1.38 bits per heavy atom. The van der Waals surface area contributed by atoms with E-state index in [1.54, 1.807) is 0 Å². The van der Waals surface area contributed by atoms with Crippen molar-refractivity contribution >= 4 is 5.97 Å². The Morgan fingerprint density at radius 3 is 2.00 bits per heavy atom. The Labute approximate surface area is 262 Å². The Hall–Kier alpha value is -1.23. The average Bonchev–Trinajstić information content (AvgIpc) is 3.20. The van der Waals surface area contributed by atoms with Crippen LogP contribution in [0.4, 0.5) is 0 Å². The highest BCUT2D eigenvalue weighted by Gasteiger charge is 2.69. The van der Waals surface area contributed by atoms with Crippen molar-refractivity contribution in [1.82, 2.24) is 0 Å². The lowest BCUT2D eigenvalue weighted by Crippen LogP contribution is -2.63. The maximum Gasteiger partial charge on any atom is 0.314 e. The number of hydrogen-bond acceptors (Lipinski definition) is 13. The van der Waals surface area contributed by atoms with Gasteiger partial charge in [0.15, 0.2) is 6.29 Å². The van der Waals surface area contributed by atoms with E-state index in [9.17, 15) is 45.6 Å². The molecule has 0 radical (unpaired) electrons. The lowest BCUT2D eigenvalue weighted by molar-refractivity contribution is -0.327. The molecule has 16 atom stereocenters. The van der Waals surface area contributed by atoms with Gasteiger partial charge in [0, 0.05) is 0 Å². The molecule has 0 aromatic rings. The van der Waals surface area contributed by atoms with Crippen molar-refractivity contribution in [2.75, 3.05) is 13.2 Å². The highest BCUT2D eigenvalue weighted by molar-refractivity contribution is 5.77. The SMILES string of the molecule is C=C1CC23CCC4C(C)(C(=O)OC5OC(CO)C(O)C(O)C5O)CCCC4(C)C2CCC1(OC1OC(CO)C(O)C(O)C1O)C3. The molecule has 2 saturated heterocycles. The summed E-state index contributed by atoms with van der Waals surface area (Å²) in [6.45, 7) is 7.41. The third-order valence-corrected chi connectivity index (χ3v) is 12.9. The minimum absolute atomic E-state index is 0.0421. The molecule has 6 fully saturated rings. The number of hydrogen-bond donors (Lipinski definition) is 8. The largest absolute Gasteiger partial charge is 0.432 e. The first-order valence-corrected chi connectivity index (χ1v) is 16.3. The second-order valence-electron chi connectivity index (χ2n) is 15.2. The van der Waals surface area contributed by atoms with Gasteiger partial charge in [0.2, 0.25) is 6.29 Å². The maximum absolute atomic E-state index is 13.9. The quantitative estimate of drug-likeness (QED) is 0.102. The second-order valence-corrected chi connectivity index (χ2v) is 15.2. The van der Waals surface area contributed by atoms with Crippen LogP contribution in [0.2, 0.25) is 0 Å². The minimum Gasteiger partial charge on any atom is -0.432 e. The number of fused-ring (bicyclic) bond motifs is 3. The van der Waals surface area contributed by atoms with E-state index in [1.165, 1.54) is 0 Å². The molecule has 8 N–H and O–H groups in total. The zero-order chi connectivity index (χ0) is 32.7. The van der Waals surface area contributed by atoms with E-state index in [4.69, 9.17) is 18.9 Å². The highest BCUT2D eigenvalue weighted by atomic mass is 16.7. The van der Waals surface area contributed by atoms with E-state index in [-0.39, 0.29) is 22.7 Å². The summed E-state index contributed by atoms with van der Waals surface area (Å²) in [5.74, 6) is -0.348. The topological polar surface area (TPSA) is 216 Å². The van der Waals surface area contributed by atoms with Gasteiger partial charge in [-0.2, -0.15) is 0 Å². The molecule has 6 rings (SSSR count). The molecule has 13 heteroatoms. The summed E-state index contributed by atoms with van der Waals surface area (Å²) in [5.41, 5.74) is -1.20. The number of esters is 1. The lowest BCUT2D eigenvalue weighted by Gasteiger charge is -2.64. The molecule has 4 aliphatic carbocycles. The van der Waals surface area contributed by atoms with Crippen LogP contribution in [-0.2, 0) is 23.7 Å². The number of rotatable bonds is 6. The van der Waals surface area contributed by atoms with E-state index in [2.05, 4.69) is 13.5 Å². The maximum atomic E-state index is 13.9. The number of ether oxygens (including phenoxy) is 4. The Bertz CT molecular complexity index is 1150. The Balaban J connectivity index is 1.20. The first-order chi connectivity index (χ1) is 21.2. The normalized spacial score (nSPS) is 54.7. The molecule has 0 aromatic carbocycles. The molecule has 1 spiro atoms. The predicted molar refractivity (Wildman–Crippen MR) is 154 cm³/mol. The van der Waals surface area contributed by atoms with Crippen LogP contribution in [0, 0.1) is 28.1 Å². The fraction of sp³-hybridized carbons (Fsp3) is 0.906. The molecular weight excluding hydrogens is 592 g/mol. The monoisotopic (exact) mass is 642 g/mol. The average molecular weight is 643 g/mol. The van der Waals surface area contributed by atoms with E-state index in [0.717, 1.165) is 37.7 Å². The van der Waals surface area contributed by atoms with Crippen molar-refractivity contribution in [1.29, 1.82) is 0 Å². The van der Waals surface area contributed by atoms with Gasteiger partial charge in [0.1, 0.15) is 48.8 Å². The fourth-order valence-corrected chi connectivity index (χ4v) is 10.5. The summed E-state index contributed by atoms with van der Waals surface area (Å²) in [4.78, 5) is 13.9. The van der Waals surface area contributed by atoms with Crippen molar-refractivity contribution < 1.29 is 64.6 Å². The summed E-state index contributed by atoms with van der Waals surface area (Å²) in [6, 6.07) is 0. The summed E-state index contributed by atoms with van der Waals surface area (Å²) in [6.07, 6.45) is -7.82. The minimum atomic E-state index is -1.67. The zero-order valence-electron chi connectivity index (χ0n) is 26.0. The van der Waals surface area contributed by atoms with Crippen LogP contribution in [0.25, 0.3) is 0 Å². The number of carbonyl (C=O) groups is 1. The smallest absolute Gasteiger partial charge is 0.314 e. The van der Waals surface area contributed by atoms with Crippen LogP contribution in [0.5, 0.6) is 0 Å². The van der Waals surface area contributed by atoms with Gasteiger partial charge in [-0.05, 0) is 86.5 Å². The summed E-state index contributed by atoms with van der Waals surface area (Å²) in [7, 11) is 0. The van der Waals surface area contributed by atoms with Crippen LogP contribution >= 0.6 is 0 Å². The van der Waals surface area contributed by atoms with Crippen LogP contribution in [0.1, 0.15) is 71.6 Å². The van der Waals surface area contributed by atoms with Crippen LogP contribution in [-0.4, -0.2) is 127 Å². The molecule has 4 saturated carbocycles. The van der Waals surface area contributed by atoms with Crippen molar-refractivity contribution in [2.45, 2.75) is 139 Å². The molecular formula is C32H50O13. The van der Waals surface area contributed by atoms with E-state index in [1.807, 2.05) is 6.92 Å². The van der Waals surface area contributed by atoms with Gasteiger partial charge in [-0.15, -0.1) is 0 Å². The zero-order valence-corrected chi connectivity index (χ0v) is 26.0. The summed E-state index contributed by atoms with van der Waals surface area (Å²) < 4.78 is 23.4. The molecule has 2 bridgehead atoms. The lowest BCUT2D eigenvalue weighted by atomic mass is 9.41. The van der Waals surface area contributed by atoms with Gasteiger partial charge in [0.25, 0.3) is 0 Å². The van der Waals surface area contributed by atoms with Crippen molar-refractivity contribution in [3.63, 3.8) is 0 Å². The van der Waals surface area contributed by atoms with E-state index < -0.39 is 91.6 Å². The molecule has 2 heterocycles. The highest BCUT2D eigenvalue weighted by Crippen LogP contribution is 2.73.